The van der Waals surface area contributed by atoms with Crippen molar-refractivity contribution in [2.24, 2.45) is 11.8 Å². The van der Waals surface area contributed by atoms with Gasteiger partial charge in [-0.3, -0.25) is 9.10 Å². The monoisotopic (exact) mass is 581 g/mol. The molecule has 1 atom stereocenters. The average molecular weight is 581 g/mol. The summed E-state index contributed by atoms with van der Waals surface area (Å²) in [5.41, 5.74) is -1.66. The van der Waals surface area contributed by atoms with E-state index < -0.39 is 63.0 Å². The topological polar surface area (TPSA) is 102 Å². The largest absolute Gasteiger partial charge is 0.494 e. The molecule has 13 heteroatoms. The molecule has 2 aromatic carbocycles. The maximum absolute atomic E-state index is 13.9. The second kappa shape index (κ2) is 9.66. The molecule has 1 saturated carbocycles. The number of ether oxygens (including phenoxy) is 1. The molecule has 0 spiro atoms. The molecular formula is C27H31BF3NO7S. The van der Waals surface area contributed by atoms with E-state index >= 15 is 0 Å². The van der Waals surface area contributed by atoms with Crippen molar-refractivity contribution in [3.05, 3.63) is 48.0 Å². The molecule has 1 N–H and O–H groups in total. The Balaban J connectivity index is 1.51. The zero-order chi connectivity index (χ0) is 29.3. The number of carboxylic acid groups (broad SMARTS) is 1. The number of rotatable bonds is 6. The van der Waals surface area contributed by atoms with Crippen LogP contribution in [0.1, 0.15) is 52.5 Å². The average Bonchev–Trinajstić information content (AvgIpc) is 3.06. The Morgan fingerprint density at radius 2 is 1.73 bits per heavy atom. The van der Waals surface area contributed by atoms with Crippen LogP contribution >= 0.6 is 0 Å². The van der Waals surface area contributed by atoms with Crippen LogP contribution in [-0.4, -0.2) is 50.5 Å². The van der Waals surface area contributed by atoms with Crippen LogP contribution in [0.2, 0.25) is 0 Å². The van der Waals surface area contributed by atoms with Gasteiger partial charge in [0.2, 0.25) is 0 Å². The van der Waals surface area contributed by atoms with E-state index in [1.54, 1.807) is 18.2 Å². The highest BCUT2D eigenvalue weighted by Gasteiger charge is 2.52. The van der Waals surface area contributed by atoms with Crippen molar-refractivity contribution in [3.63, 3.8) is 0 Å². The predicted octanol–water partition coefficient (Wildman–Crippen LogP) is 4.46. The van der Waals surface area contributed by atoms with E-state index in [1.165, 1.54) is 0 Å². The molecule has 2 fully saturated rings. The number of carboxylic acids is 1. The molecule has 8 nitrogen and oxygen atoms in total. The minimum atomic E-state index is -4.72. The first-order valence-electron chi connectivity index (χ1n) is 13.1. The third-order valence-corrected chi connectivity index (χ3v) is 10.1. The van der Waals surface area contributed by atoms with Crippen LogP contribution in [0.25, 0.3) is 0 Å². The first-order chi connectivity index (χ1) is 18.5. The fourth-order valence-corrected chi connectivity index (χ4v) is 6.81. The van der Waals surface area contributed by atoms with Crippen LogP contribution < -0.4 is 14.5 Å². The Morgan fingerprint density at radius 3 is 2.33 bits per heavy atom. The van der Waals surface area contributed by atoms with E-state index in [0.717, 1.165) is 22.5 Å². The maximum atomic E-state index is 13.9. The molecule has 40 heavy (non-hydrogen) atoms. The lowest BCUT2D eigenvalue weighted by Gasteiger charge is -2.40. The van der Waals surface area contributed by atoms with Crippen LogP contribution in [0.15, 0.2) is 47.4 Å². The maximum Gasteiger partial charge on any atom is 0.494 e. The summed E-state index contributed by atoms with van der Waals surface area (Å²) in [4.78, 5) is 10.7. The van der Waals surface area contributed by atoms with Crippen molar-refractivity contribution >= 4 is 34.3 Å². The van der Waals surface area contributed by atoms with E-state index in [0.29, 0.717) is 30.8 Å². The summed E-state index contributed by atoms with van der Waals surface area (Å²) in [7, 11) is -5.25. The van der Waals surface area contributed by atoms with Gasteiger partial charge < -0.3 is 19.2 Å². The van der Waals surface area contributed by atoms with Crippen molar-refractivity contribution in [1.29, 1.82) is 0 Å². The summed E-state index contributed by atoms with van der Waals surface area (Å²) in [6.45, 7) is 7.40. The molecule has 1 saturated heterocycles. The number of aliphatic carboxylic acids is 1. The fourth-order valence-electron chi connectivity index (χ4n) is 5.27. The van der Waals surface area contributed by atoms with Crippen molar-refractivity contribution in [1.82, 2.24) is 0 Å². The van der Waals surface area contributed by atoms with Gasteiger partial charge in [0, 0.05) is 0 Å². The van der Waals surface area contributed by atoms with Gasteiger partial charge in [0.25, 0.3) is 10.0 Å². The number of anilines is 1. The molecule has 0 aromatic heterocycles. The summed E-state index contributed by atoms with van der Waals surface area (Å²) >= 11 is 0. The summed E-state index contributed by atoms with van der Waals surface area (Å²) in [5, 5.41) is 9.20. The van der Waals surface area contributed by atoms with Gasteiger partial charge in [0.1, 0.15) is 11.9 Å². The van der Waals surface area contributed by atoms with Gasteiger partial charge in [-0.25, -0.2) is 8.42 Å². The third kappa shape index (κ3) is 5.19. The number of benzene rings is 2. The highest BCUT2D eigenvalue weighted by atomic mass is 32.2. The normalized spacial score (nSPS) is 25.6. The molecule has 0 amide bonds. The van der Waals surface area contributed by atoms with E-state index in [4.69, 9.17) is 14.0 Å². The molecule has 0 bridgehead atoms. The van der Waals surface area contributed by atoms with Crippen molar-refractivity contribution in [2.75, 3.05) is 10.8 Å². The minimum absolute atomic E-state index is 0.0368. The van der Waals surface area contributed by atoms with Gasteiger partial charge in [0.15, 0.2) is 0 Å². The van der Waals surface area contributed by atoms with Crippen LogP contribution in [0.5, 0.6) is 5.75 Å². The van der Waals surface area contributed by atoms with E-state index in [-0.39, 0.29) is 23.9 Å². The third-order valence-electron chi connectivity index (χ3n) is 8.37. The second-order valence-electron chi connectivity index (χ2n) is 11.7. The van der Waals surface area contributed by atoms with Gasteiger partial charge in [-0.15, -0.1) is 0 Å². The summed E-state index contributed by atoms with van der Waals surface area (Å²) < 4.78 is 87.5. The van der Waals surface area contributed by atoms with Crippen LogP contribution in [0, 0.1) is 11.8 Å². The lowest BCUT2D eigenvalue weighted by Crippen LogP contribution is -2.46. The summed E-state index contributed by atoms with van der Waals surface area (Å²) in [6, 6.07) is 8.54. The number of nitrogens with zero attached hydrogens (tertiary/aromatic N) is 1. The number of halogens is 3. The molecule has 2 aliphatic heterocycles. The zero-order valence-electron chi connectivity index (χ0n) is 22.6. The molecule has 2 aromatic rings. The first kappa shape index (κ1) is 28.8. The first-order valence-corrected chi connectivity index (χ1v) is 14.5. The number of alkyl halides is 3. The molecule has 2 heterocycles. The summed E-state index contributed by atoms with van der Waals surface area (Å²) in [6.07, 6.45) is -4.00. The lowest BCUT2D eigenvalue weighted by atomic mass is 9.72. The highest BCUT2D eigenvalue weighted by molar-refractivity contribution is 7.92. The van der Waals surface area contributed by atoms with Gasteiger partial charge in [-0.1, -0.05) is 12.1 Å². The zero-order valence-corrected chi connectivity index (χ0v) is 23.4. The van der Waals surface area contributed by atoms with Crippen LogP contribution in [-0.2, 0) is 30.3 Å². The van der Waals surface area contributed by atoms with Gasteiger partial charge in [-0.2, -0.15) is 13.2 Å². The Hall–Kier alpha value is -2.77. The molecule has 0 radical (unpaired) electrons. The Morgan fingerprint density at radius 1 is 1.07 bits per heavy atom. The molecule has 1 aliphatic carbocycles. The molecule has 1 unspecified atom stereocenters. The van der Waals surface area contributed by atoms with Crippen molar-refractivity contribution < 1.29 is 45.5 Å². The molecule has 5 rings (SSSR count). The number of hydrogen-bond acceptors (Lipinski definition) is 6. The standard InChI is InChI=1S/C27H31BF3NO7S/c1-25(2)26(3,4)39-28(38-25)19-8-9-23-22(14-19)32(15-20(37-23)12-16-10-17(11-16)24(33)34)40(35,36)21-7-5-6-18(13-21)27(29,30)31/h5-9,13-14,16-17,20H,10-12,15H2,1-4H3,(H,33,34). The SMILES string of the molecule is CC1(C)OB(c2ccc3c(c2)N(S(=O)(=O)c2cccc(C(F)(F)F)c2)CC(CC2CC(C(=O)O)C2)O3)OC1(C)C. The summed E-state index contributed by atoms with van der Waals surface area (Å²) in [5.74, 6) is -1.01. The Bertz CT molecular complexity index is 1410. The Labute approximate surface area is 231 Å². The van der Waals surface area contributed by atoms with Gasteiger partial charge >= 0.3 is 19.3 Å². The molecule has 216 valence electrons. The Kier molecular flexibility index (Phi) is 6.95. The highest BCUT2D eigenvalue weighted by Crippen LogP contribution is 2.43. The van der Waals surface area contributed by atoms with Crippen molar-refractivity contribution in [2.45, 2.75) is 75.3 Å². The van der Waals surface area contributed by atoms with Crippen molar-refractivity contribution in [3.8, 4) is 5.75 Å². The fraction of sp³-hybridized carbons (Fsp3) is 0.519. The minimum Gasteiger partial charge on any atom is -0.486 e. The lowest BCUT2D eigenvalue weighted by molar-refractivity contribution is -0.146. The molecular weight excluding hydrogens is 550 g/mol. The van der Waals surface area contributed by atoms with E-state index in [1.807, 2.05) is 27.7 Å². The number of sulfonamides is 1. The van der Waals surface area contributed by atoms with Crippen LogP contribution in [0.4, 0.5) is 18.9 Å². The smallest absolute Gasteiger partial charge is 0.486 e. The van der Waals surface area contributed by atoms with E-state index in [2.05, 4.69) is 0 Å². The van der Waals surface area contributed by atoms with Gasteiger partial charge in [0.05, 0.1) is 39.8 Å². The molecule has 3 aliphatic rings. The number of hydrogen-bond donors (Lipinski definition) is 1. The van der Waals surface area contributed by atoms with E-state index in [9.17, 15) is 31.5 Å². The number of carbonyl (C=O) groups is 1. The number of fused-ring (bicyclic) bond motifs is 1. The van der Waals surface area contributed by atoms with Gasteiger partial charge in [-0.05, 0) is 88.7 Å². The second-order valence-corrected chi connectivity index (χ2v) is 13.6. The van der Waals surface area contributed by atoms with Crippen LogP contribution in [0.3, 0.4) is 0 Å². The predicted molar refractivity (Wildman–Crippen MR) is 141 cm³/mol. The quantitative estimate of drug-likeness (QED) is 0.503.